The van der Waals surface area contributed by atoms with Crippen LogP contribution in [0.5, 0.6) is 0 Å². The maximum Gasteiger partial charge on any atom is 0.0171 e. The van der Waals surface area contributed by atoms with Crippen LogP contribution in [0.3, 0.4) is 0 Å². The molecular weight excluding hydrogens is 280 g/mol. The summed E-state index contributed by atoms with van der Waals surface area (Å²) in [6.45, 7) is 0. The first-order valence-corrected chi connectivity index (χ1v) is 8.87. The molecule has 3 rings (SSSR count). The predicted molar refractivity (Wildman–Crippen MR) is 99.1 cm³/mol. The van der Waals surface area contributed by atoms with Crippen molar-refractivity contribution < 1.29 is 0 Å². The Bertz CT molecular complexity index is 689. The molecule has 0 aliphatic rings. The Labute approximate surface area is 135 Å². The van der Waals surface area contributed by atoms with Crippen LogP contribution in [0, 0.1) is 0 Å². The Balaban J connectivity index is 2.04. The van der Waals surface area contributed by atoms with Crippen LogP contribution in [0.25, 0.3) is 5.57 Å². The lowest BCUT2D eigenvalue weighted by Crippen LogP contribution is -1.97. The molecular formula is C21H20Si. The molecule has 3 aromatic rings. The second-order valence-corrected chi connectivity index (χ2v) is 6.76. The second-order valence-electron chi connectivity index (χ2n) is 5.51. The van der Waals surface area contributed by atoms with E-state index in [0.717, 1.165) is 10.2 Å². The van der Waals surface area contributed by atoms with Gasteiger partial charge < -0.3 is 0 Å². The smallest absolute Gasteiger partial charge is 0.0171 e. The average Bonchev–Trinajstić information content (AvgIpc) is 2.62. The van der Waals surface area contributed by atoms with E-state index in [4.69, 9.17) is 0 Å². The standard InChI is InChI=1S/C21H20Si/c22-21(19-14-8-3-9-15-19)16-20(17-10-4-1-5-11-17)18-12-6-2-7-13-18/h1-16,21H,22H3. The third-order valence-corrected chi connectivity index (χ3v) is 4.91. The van der Waals surface area contributed by atoms with Crippen molar-refractivity contribution in [3.8, 4) is 0 Å². The van der Waals surface area contributed by atoms with Gasteiger partial charge in [-0.25, -0.2) is 0 Å². The summed E-state index contributed by atoms with van der Waals surface area (Å²) in [6, 6.07) is 32.1. The topological polar surface area (TPSA) is 0 Å². The molecule has 0 radical (unpaired) electrons. The van der Waals surface area contributed by atoms with E-state index in [1.54, 1.807) is 0 Å². The van der Waals surface area contributed by atoms with Gasteiger partial charge in [-0.15, -0.1) is 0 Å². The summed E-state index contributed by atoms with van der Waals surface area (Å²) in [6.07, 6.45) is 2.42. The number of benzene rings is 3. The van der Waals surface area contributed by atoms with Gasteiger partial charge in [-0.3, -0.25) is 0 Å². The van der Waals surface area contributed by atoms with Crippen LogP contribution < -0.4 is 0 Å². The van der Waals surface area contributed by atoms with Crippen molar-refractivity contribution in [1.29, 1.82) is 0 Å². The van der Waals surface area contributed by atoms with Crippen LogP contribution in [0.2, 0.25) is 0 Å². The second kappa shape index (κ2) is 7.06. The minimum atomic E-state index is 0.511. The Hall–Kier alpha value is -2.38. The summed E-state index contributed by atoms with van der Waals surface area (Å²) in [7, 11) is 1.10. The quantitative estimate of drug-likeness (QED) is 0.633. The molecule has 0 N–H and O–H groups in total. The van der Waals surface area contributed by atoms with Crippen LogP contribution in [0.15, 0.2) is 97.1 Å². The molecule has 0 nitrogen and oxygen atoms in total. The van der Waals surface area contributed by atoms with Gasteiger partial charge in [0.05, 0.1) is 0 Å². The maximum absolute atomic E-state index is 2.42. The highest BCUT2D eigenvalue weighted by Gasteiger charge is 2.08. The van der Waals surface area contributed by atoms with E-state index in [0.29, 0.717) is 5.54 Å². The fourth-order valence-electron chi connectivity index (χ4n) is 2.70. The summed E-state index contributed by atoms with van der Waals surface area (Å²) in [5.41, 5.74) is 5.80. The van der Waals surface area contributed by atoms with Gasteiger partial charge in [-0.05, 0) is 27.8 Å². The summed E-state index contributed by atoms with van der Waals surface area (Å²) >= 11 is 0. The first-order valence-electron chi connectivity index (χ1n) is 7.72. The lowest BCUT2D eigenvalue weighted by Gasteiger charge is -2.13. The Morgan fingerprint density at radius 3 is 1.50 bits per heavy atom. The minimum absolute atomic E-state index is 0.511. The molecule has 0 aliphatic heterocycles. The summed E-state index contributed by atoms with van der Waals surface area (Å²) in [5.74, 6) is 0. The van der Waals surface area contributed by atoms with Gasteiger partial charge in [0.1, 0.15) is 0 Å². The molecule has 108 valence electrons. The number of rotatable bonds is 4. The number of hydrogen-bond acceptors (Lipinski definition) is 0. The monoisotopic (exact) mass is 300 g/mol. The highest BCUT2D eigenvalue weighted by Crippen LogP contribution is 2.27. The largest absolute Gasteiger partial charge is 0.0723 e. The van der Waals surface area contributed by atoms with Crippen molar-refractivity contribution in [1.82, 2.24) is 0 Å². The molecule has 1 atom stereocenters. The van der Waals surface area contributed by atoms with E-state index in [-0.39, 0.29) is 0 Å². The molecule has 0 bridgehead atoms. The van der Waals surface area contributed by atoms with Crippen LogP contribution in [-0.4, -0.2) is 10.2 Å². The maximum atomic E-state index is 2.42. The molecule has 0 aliphatic carbocycles. The molecule has 3 aromatic carbocycles. The van der Waals surface area contributed by atoms with Gasteiger partial charge in [0.2, 0.25) is 0 Å². The third-order valence-electron chi connectivity index (χ3n) is 3.91. The summed E-state index contributed by atoms with van der Waals surface area (Å²) < 4.78 is 0. The van der Waals surface area contributed by atoms with E-state index in [1.807, 2.05) is 0 Å². The lowest BCUT2D eigenvalue weighted by atomic mass is 9.95. The van der Waals surface area contributed by atoms with Crippen molar-refractivity contribution >= 4 is 15.8 Å². The van der Waals surface area contributed by atoms with Crippen molar-refractivity contribution in [2.75, 3.05) is 0 Å². The van der Waals surface area contributed by atoms with Gasteiger partial charge in [-0.1, -0.05) is 97.1 Å². The fourth-order valence-corrected chi connectivity index (χ4v) is 3.42. The number of allylic oxidation sites excluding steroid dienone is 1. The molecule has 0 heterocycles. The zero-order valence-corrected chi connectivity index (χ0v) is 14.8. The Kier molecular flexibility index (Phi) is 4.67. The van der Waals surface area contributed by atoms with E-state index in [2.05, 4.69) is 97.1 Å². The van der Waals surface area contributed by atoms with Crippen molar-refractivity contribution in [3.05, 3.63) is 114 Å². The third kappa shape index (κ3) is 3.44. The van der Waals surface area contributed by atoms with Crippen molar-refractivity contribution in [3.63, 3.8) is 0 Å². The SMILES string of the molecule is [SiH3]C(C=C(c1ccccc1)c1ccccc1)c1ccccc1. The fraction of sp³-hybridized carbons (Fsp3) is 0.0476. The normalized spacial score (nSPS) is 11.8. The van der Waals surface area contributed by atoms with Gasteiger partial charge >= 0.3 is 0 Å². The number of hydrogen-bond donors (Lipinski definition) is 0. The van der Waals surface area contributed by atoms with Gasteiger partial charge in [0.15, 0.2) is 0 Å². The van der Waals surface area contributed by atoms with Crippen LogP contribution >= 0.6 is 0 Å². The Morgan fingerprint density at radius 2 is 1.05 bits per heavy atom. The minimum Gasteiger partial charge on any atom is -0.0723 e. The molecule has 0 spiro atoms. The molecule has 1 heteroatoms. The van der Waals surface area contributed by atoms with Crippen LogP contribution in [0.1, 0.15) is 22.2 Å². The van der Waals surface area contributed by atoms with Gasteiger partial charge in [-0.2, -0.15) is 0 Å². The molecule has 0 saturated carbocycles. The van der Waals surface area contributed by atoms with Crippen molar-refractivity contribution in [2.24, 2.45) is 0 Å². The zero-order chi connectivity index (χ0) is 15.2. The first kappa shape index (κ1) is 14.5. The van der Waals surface area contributed by atoms with Gasteiger partial charge in [0.25, 0.3) is 0 Å². The highest BCUT2D eigenvalue weighted by molar-refractivity contribution is 6.14. The van der Waals surface area contributed by atoms with Crippen LogP contribution in [-0.2, 0) is 0 Å². The van der Waals surface area contributed by atoms with E-state index in [1.165, 1.54) is 22.3 Å². The molecule has 0 saturated heterocycles. The molecule has 0 amide bonds. The lowest BCUT2D eigenvalue weighted by molar-refractivity contribution is 1.21. The molecule has 0 aromatic heterocycles. The van der Waals surface area contributed by atoms with Crippen LogP contribution in [0.4, 0.5) is 0 Å². The van der Waals surface area contributed by atoms with Crippen molar-refractivity contribution in [2.45, 2.75) is 5.54 Å². The van der Waals surface area contributed by atoms with E-state index >= 15 is 0 Å². The highest BCUT2D eigenvalue weighted by atomic mass is 28.1. The van der Waals surface area contributed by atoms with E-state index < -0.39 is 0 Å². The summed E-state index contributed by atoms with van der Waals surface area (Å²) in [5, 5.41) is 0. The molecule has 22 heavy (non-hydrogen) atoms. The molecule has 0 fully saturated rings. The predicted octanol–water partition coefficient (Wildman–Crippen LogP) is 4.23. The first-order chi connectivity index (χ1) is 10.8. The zero-order valence-electron chi connectivity index (χ0n) is 12.8. The molecule has 1 unspecified atom stereocenters. The average molecular weight is 300 g/mol. The van der Waals surface area contributed by atoms with Gasteiger partial charge in [0, 0.05) is 10.2 Å². The Morgan fingerprint density at radius 1 is 0.636 bits per heavy atom. The van der Waals surface area contributed by atoms with E-state index in [9.17, 15) is 0 Å². The summed E-state index contributed by atoms with van der Waals surface area (Å²) in [4.78, 5) is 0.